The largest absolute Gasteiger partial charge is 0.298 e. The van der Waals surface area contributed by atoms with Crippen LogP contribution in [0.15, 0.2) is 36.0 Å². The Kier molecular flexibility index (Phi) is 3.14. The molecule has 0 aliphatic rings. The third-order valence-electron chi connectivity index (χ3n) is 2.40. The lowest BCUT2D eigenvalue weighted by Crippen LogP contribution is -1.98. The van der Waals surface area contributed by atoms with Crippen LogP contribution in [0.5, 0.6) is 0 Å². The van der Waals surface area contributed by atoms with Crippen LogP contribution in [-0.2, 0) is 0 Å². The second-order valence-corrected chi connectivity index (χ2v) is 3.61. The standard InChI is InChI=1S/C13H14N4/c1-4-17-12(8-15-13(17)9-14-3)11-7-5-6-10(2)16-11/h4-9H,1H2,2-3H3. The quantitative estimate of drug-likeness (QED) is 0.754. The third kappa shape index (κ3) is 2.15. The van der Waals surface area contributed by atoms with E-state index in [-0.39, 0.29) is 0 Å². The lowest BCUT2D eigenvalue weighted by Gasteiger charge is -2.04. The van der Waals surface area contributed by atoms with Gasteiger partial charge in [0.1, 0.15) is 0 Å². The van der Waals surface area contributed by atoms with Gasteiger partial charge in [0.05, 0.1) is 23.8 Å². The topological polar surface area (TPSA) is 43.1 Å². The molecule has 0 N–H and O–H groups in total. The second-order valence-electron chi connectivity index (χ2n) is 3.61. The molecule has 0 aliphatic heterocycles. The van der Waals surface area contributed by atoms with Crippen LogP contribution in [0.25, 0.3) is 17.6 Å². The Balaban J connectivity index is 2.56. The summed E-state index contributed by atoms with van der Waals surface area (Å²) in [6.45, 7) is 5.75. The summed E-state index contributed by atoms with van der Waals surface area (Å²) in [4.78, 5) is 12.7. The van der Waals surface area contributed by atoms with Gasteiger partial charge < -0.3 is 0 Å². The first-order valence-corrected chi connectivity index (χ1v) is 5.32. The molecule has 86 valence electrons. The molecule has 4 heteroatoms. The summed E-state index contributed by atoms with van der Waals surface area (Å²) in [5, 5.41) is 0. The maximum atomic E-state index is 4.47. The van der Waals surface area contributed by atoms with Gasteiger partial charge in [0.25, 0.3) is 0 Å². The monoisotopic (exact) mass is 226 g/mol. The van der Waals surface area contributed by atoms with Crippen molar-refractivity contribution in [2.24, 2.45) is 4.99 Å². The van der Waals surface area contributed by atoms with Gasteiger partial charge in [-0.3, -0.25) is 14.5 Å². The Hall–Kier alpha value is -2.23. The van der Waals surface area contributed by atoms with Crippen LogP contribution in [0.3, 0.4) is 0 Å². The lowest BCUT2D eigenvalue weighted by molar-refractivity contribution is 1.10. The minimum absolute atomic E-state index is 0.751. The van der Waals surface area contributed by atoms with Crippen LogP contribution >= 0.6 is 0 Å². The first-order chi connectivity index (χ1) is 8.26. The van der Waals surface area contributed by atoms with Gasteiger partial charge in [-0.15, -0.1) is 0 Å². The summed E-state index contributed by atoms with van der Waals surface area (Å²) in [5.74, 6) is 0.751. The molecule has 0 amide bonds. The number of imidazole rings is 1. The van der Waals surface area contributed by atoms with Gasteiger partial charge in [-0.25, -0.2) is 4.98 Å². The summed E-state index contributed by atoms with van der Waals surface area (Å²) < 4.78 is 1.87. The van der Waals surface area contributed by atoms with Crippen molar-refractivity contribution in [2.75, 3.05) is 7.05 Å². The van der Waals surface area contributed by atoms with Crippen molar-refractivity contribution >= 4 is 12.4 Å². The zero-order chi connectivity index (χ0) is 12.3. The number of pyridine rings is 1. The van der Waals surface area contributed by atoms with E-state index in [2.05, 4.69) is 21.5 Å². The molecule has 0 saturated carbocycles. The first kappa shape index (κ1) is 11.3. The maximum absolute atomic E-state index is 4.47. The minimum Gasteiger partial charge on any atom is -0.298 e. The smallest absolute Gasteiger partial charge is 0.155 e. The molecule has 0 atom stereocenters. The highest BCUT2D eigenvalue weighted by Crippen LogP contribution is 2.18. The molecule has 2 aromatic heterocycles. The van der Waals surface area contributed by atoms with Crippen molar-refractivity contribution in [3.05, 3.63) is 42.5 Å². The van der Waals surface area contributed by atoms with Crippen molar-refractivity contribution in [3.63, 3.8) is 0 Å². The Bertz CT molecular complexity index is 567. The van der Waals surface area contributed by atoms with Crippen LogP contribution < -0.4 is 0 Å². The molecule has 17 heavy (non-hydrogen) atoms. The molecular weight excluding hydrogens is 212 g/mol. The summed E-state index contributed by atoms with van der Waals surface area (Å²) in [6.07, 6.45) is 5.19. The van der Waals surface area contributed by atoms with E-state index in [0.29, 0.717) is 0 Å². The fourth-order valence-corrected chi connectivity index (χ4v) is 1.65. The highest BCUT2D eigenvalue weighted by atomic mass is 15.1. The number of nitrogens with zero attached hydrogens (tertiary/aromatic N) is 4. The van der Waals surface area contributed by atoms with E-state index in [1.54, 1.807) is 25.7 Å². The van der Waals surface area contributed by atoms with E-state index in [1.807, 2.05) is 29.7 Å². The normalized spacial score (nSPS) is 10.9. The van der Waals surface area contributed by atoms with E-state index in [0.717, 1.165) is 22.9 Å². The average Bonchev–Trinajstić information content (AvgIpc) is 2.72. The Labute approximate surface area is 100 Å². The lowest BCUT2D eigenvalue weighted by atomic mass is 10.2. The predicted molar refractivity (Wildman–Crippen MR) is 70.1 cm³/mol. The average molecular weight is 226 g/mol. The van der Waals surface area contributed by atoms with Gasteiger partial charge in [0.15, 0.2) is 5.82 Å². The zero-order valence-corrected chi connectivity index (χ0v) is 9.96. The van der Waals surface area contributed by atoms with E-state index in [4.69, 9.17) is 0 Å². The van der Waals surface area contributed by atoms with Crippen molar-refractivity contribution in [1.82, 2.24) is 14.5 Å². The van der Waals surface area contributed by atoms with Crippen molar-refractivity contribution < 1.29 is 0 Å². The first-order valence-electron chi connectivity index (χ1n) is 5.32. The van der Waals surface area contributed by atoms with E-state index < -0.39 is 0 Å². The fraction of sp³-hybridized carbons (Fsp3) is 0.154. The van der Waals surface area contributed by atoms with Gasteiger partial charge in [-0.2, -0.15) is 0 Å². The Morgan fingerprint density at radius 3 is 2.88 bits per heavy atom. The summed E-state index contributed by atoms with van der Waals surface area (Å²) in [7, 11) is 1.71. The molecule has 2 heterocycles. The summed E-state index contributed by atoms with van der Waals surface area (Å²) >= 11 is 0. The molecule has 0 spiro atoms. The molecule has 0 radical (unpaired) electrons. The number of hydrogen-bond donors (Lipinski definition) is 0. The highest BCUT2D eigenvalue weighted by Gasteiger charge is 2.08. The molecule has 2 rings (SSSR count). The van der Waals surface area contributed by atoms with Crippen LogP contribution in [-0.4, -0.2) is 27.8 Å². The van der Waals surface area contributed by atoms with Crippen LogP contribution in [0.4, 0.5) is 0 Å². The molecule has 0 saturated heterocycles. The molecule has 0 unspecified atom stereocenters. The van der Waals surface area contributed by atoms with Crippen LogP contribution in [0, 0.1) is 6.92 Å². The second kappa shape index (κ2) is 4.74. The SMILES string of the molecule is C=Cn1c(-c2cccc(C)n2)cnc1C=NC. The molecule has 0 aliphatic carbocycles. The highest BCUT2D eigenvalue weighted by molar-refractivity contribution is 5.78. The molecule has 0 bridgehead atoms. The number of aromatic nitrogens is 3. The summed E-state index contributed by atoms with van der Waals surface area (Å²) in [6, 6.07) is 5.90. The summed E-state index contributed by atoms with van der Waals surface area (Å²) in [5.41, 5.74) is 2.77. The molecule has 0 aromatic carbocycles. The number of rotatable bonds is 3. The van der Waals surface area contributed by atoms with E-state index in [1.165, 1.54) is 0 Å². The van der Waals surface area contributed by atoms with E-state index in [9.17, 15) is 0 Å². The third-order valence-corrected chi connectivity index (χ3v) is 2.40. The van der Waals surface area contributed by atoms with Crippen molar-refractivity contribution in [3.8, 4) is 11.4 Å². The van der Waals surface area contributed by atoms with Gasteiger partial charge in [0, 0.05) is 18.9 Å². The zero-order valence-electron chi connectivity index (χ0n) is 9.96. The molecular formula is C13H14N4. The van der Waals surface area contributed by atoms with Gasteiger partial charge in [-0.05, 0) is 19.1 Å². The van der Waals surface area contributed by atoms with Crippen LogP contribution in [0.1, 0.15) is 11.5 Å². The number of aliphatic imine (C=N–C) groups is 1. The number of aryl methyl sites for hydroxylation is 1. The Morgan fingerprint density at radius 2 is 2.24 bits per heavy atom. The molecule has 0 fully saturated rings. The molecule has 4 nitrogen and oxygen atoms in total. The van der Waals surface area contributed by atoms with Gasteiger partial charge in [-0.1, -0.05) is 12.6 Å². The van der Waals surface area contributed by atoms with Crippen molar-refractivity contribution in [1.29, 1.82) is 0 Å². The maximum Gasteiger partial charge on any atom is 0.155 e. The fourth-order valence-electron chi connectivity index (χ4n) is 1.65. The minimum atomic E-state index is 0.751. The number of hydrogen-bond acceptors (Lipinski definition) is 3. The van der Waals surface area contributed by atoms with Gasteiger partial charge >= 0.3 is 0 Å². The molecule has 2 aromatic rings. The Morgan fingerprint density at radius 1 is 1.41 bits per heavy atom. The van der Waals surface area contributed by atoms with Crippen LogP contribution in [0.2, 0.25) is 0 Å². The van der Waals surface area contributed by atoms with Crippen molar-refractivity contribution in [2.45, 2.75) is 6.92 Å². The predicted octanol–water partition coefficient (Wildman–Crippen LogP) is 2.40. The van der Waals surface area contributed by atoms with E-state index >= 15 is 0 Å². The van der Waals surface area contributed by atoms with Gasteiger partial charge in [0.2, 0.25) is 0 Å².